The van der Waals surface area contributed by atoms with Gasteiger partial charge in [-0.15, -0.1) is 0 Å². The van der Waals surface area contributed by atoms with Crippen LogP contribution in [0.15, 0.2) is 29.3 Å². The van der Waals surface area contributed by atoms with E-state index >= 15 is 0 Å². The normalized spacial score (nSPS) is 22.1. The highest BCUT2D eigenvalue weighted by atomic mass is 19.3. The lowest BCUT2D eigenvalue weighted by Gasteiger charge is -2.39. The number of aromatic amines is 1. The van der Waals surface area contributed by atoms with Crippen molar-refractivity contribution in [2.45, 2.75) is 77.3 Å². The molecule has 2 heterocycles. The Morgan fingerprint density at radius 2 is 1.97 bits per heavy atom. The summed E-state index contributed by atoms with van der Waals surface area (Å²) in [5.74, 6) is 1.27. The lowest BCUT2D eigenvalue weighted by atomic mass is 9.89. The Hall–Kier alpha value is -2.90. The van der Waals surface area contributed by atoms with Crippen molar-refractivity contribution in [3.63, 3.8) is 0 Å². The number of carbonyl (C=O) groups excluding carboxylic acids is 1. The molecule has 35 heavy (non-hydrogen) atoms. The summed E-state index contributed by atoms with van der Waals surface area (Å²) in [5.41, 5.74) is 4.20. The Bertz CT molecular complexity index is 1100. The van der Waals surface area contributed by atoms with Gasteiger partial charge in [0.05, 0.1) is 23.7 Å². The van der Waals surface area contributed by atoms with Gasteiger partial charge in [0.1, 0.15) is 12.4 Å². The average molecular weight is 485 g/mol. The Labute approximate surface area is 205 Å². The third-order valence-corrected chi connectivity index (χ3v) is 7.36. The van der Waals surface area contributed by atoms with E-state index in [0.717, 1.165) is 55.6 Å². The lowest BCUT2D eigenvalue weighted by molar-refractivity contribution is -0.121. The zero-order valence-corrected chi connectivity index (χ0v) is 20.4. The van der Waals surface area contributed by atoms with Crippen LogP contribution < -0.4 is 15.0 Å². The number of hydrogen-bond donors (Lipinski definition) is 2. The van der Waals surface area contributed by atoms with Gasteiger partial charge in [0.2, 0.25) is 5.91 Å². The van der Waals surface area contributed by atoms with Crippen molar-refractivity contribution in [2.75, 3.05) is 18.2 Å². The third kappa shape index (κ3) is 5.21. The monoisotopic (exact) mass is 484 g/mol. The maximum Gasteiger partial charge on any atom is 0.263 e. The van der Waals surface area contributed by atoms with E-state index in [1.807, 2.05) is 13.8 Å². The van der Waals surface area contributed by atoms with Crippen molar-refractivity contribution < 1.29 is 18.3 Å². The summed E-state index contributed by atoms with van der Waals surface area (Å²) < 4.78 is 33.2. The molecule has 2 aromatic rings. The molecule has 0 spiro atoms. The van der Waals surface area contributed by atoms with Crippen molar-refractivity contribution >= 4 is 17.3 Å². The van der Waals surface area contributed by atoms with E-state index in [9.17, 15) is 13.6 Å². The van der Waals surface area contributed by atoms with Gasteiger partial charge in [0.15, 0.2) is 0 Å². The van der Waals surface area contributed by atoms with Crippen molar-refractivity contribution in [2.24, 2.45) is 10.9 Å². The lowest BCUT2D eigenvalue weighted by Crippen LogP contribution is -2.45. The third-order valence-electron chi connectivity index (χ3n) is 7.36. The number of fused-ring (bicyclic) bond motifs is 1. The molecule has 0 bridgehead atoms. The molecule has 6 nitrogen and oxygen atoms in total. The van der Waals surface area contributed by atoms with Crippen LogP contribution in [0.3, 0.4) is 0 Å². The zero-order valence-electron chi connectivity index (χ0n) is 20.4. The van der Waals surface area contributed by atoms with Crippen LogP contribution in [-0.2, 0) is 4.79 Å². The highest BCUT2D eigenvalue weighted by molar-refractivity contribution is 6.17. The predicted octanol–water partition coefficient (Wildman–Crippen LogP) is 5.50. The number of carbonyl (C=O) groups is 1. The maximum absolute atomic E-state index is 13.6. The molecule has 0 radical (unpaired) electrons. The fraction of sp³-hybridized carbons (Fsp3) is 0.556. The molecule has 1 aromatic heterocycles. The van der Waals surface area contributed by atoms with Crippen molar-refractivity contribution in [1.29, 1.82) is 0 Å². The molecule has 188 valence electrons. The van der Waals surface area contributed by atoms with Crippen LogP contribution in [0.25, 0.3) is 0 Å². The fourth-order valence-electron chi connectivity index (χ4n) is 5.16. The number of aryl methyl sites for hydroxylation is 1. The number of nitrogens with one attached hydrogen (secondary N) is 2. The van der Waals surface area contributed by atoms with Gasteiger partial charge in [-0.2, -0.15) is 0 Å². The number of benzene rings is 1. The van der Waals surface area contributed by atoms with Gasteiger partial charge < -0.3 is 19.9 Å². The summed E-state index contributed by atoms with van der Waals surface area (Å²) in [5, 5.41) is 3.12. The summed E-state index contributed by atoms with van der Waals surface area (Å²) in [6.45, 7) is 4.96. The van der Waals surface area contributed by atoms with Gasteiger partial charge in [-0.3, -0.25) is 9.79 Å². The molecule has 1 aromatic carbocycles. The predicted molar refractivity (Wildman–Crippen MR) is 133 cm³/mol. The van der Waals surface area contributed by atoms with E-state index in [0.29, 0.717) is 48.7 Å². The summed E-state index contributed by atoms with van der Waals surface area (Å²) in [7, 11) is 0. The molecular weight excluding hydrogens is 450 g/mol. The number of hydrogen-bond acceptors (Lipinski definition) is 4. The second-order valence-electron chi connectivity index (χ2n) is 10.1. The standard InChI is InChI=1S/C27H34F2N4O2/c1-3-24(34)32-19-7-9-20(10-8-19)33-15-30-25(26-22(33)12-16(2)31-26)21-13-18(27(28)29)6-11-23(21)35-14-17-4-5-17/h6,11-13,17,19-20,27,31H,3-5,7-10,14-15H2,1-2H3,(H,32,34). The van der Waals surface area contributed by atoms with Gasteiger partial charge >= 0.3 is 0 Å². The number of H-pyrrole nitrogens is 1. The highest BCUT2D eigenvalue weighted by Crippen LogP contribution is 2.38. The molecule has 1 aliphatic heterocycles. The Morgan fingerprint density at radius 3 is 2.66 bits per heavy atom. The summed E-state index contributed by atoms with van der Waals surface area (Å²) in [6.07, 6.45) is 4.10. The molecule has 2 saturated carbocycles. The molecule has 3 aliphatic rings. The Morgan fingerprint density at radius 1 is 1.20 bits per heavy atom. The van der Waals surface area contributed by atoms with Crippen LogP contribution in [0.4, 0.5) is 14.5 Å². The van der Waals surface area contributed by atoms with Crippen LogP contribution in [0.1, 0.15) is 80.8 Å². The van der Waals surface area contributed by atoms with Gasteiger partial charge in [0, 0.05) is 35.3 Å². The molecule has 2 N–H and O–H groups in total. The minimum atomic E-state index is -2.56. The number of rotatable bonds is 8. The van der Waals surface area contributed by atoms with Crippen LogP contribution >= 0.6 is 0 Å². The first kappa shape index (κ1) is 23.8. The van der Waals surface area contributed by atoms with Gasteiger partial charge in [-0.1, -0.05) is 6.92 Å². The van der Waals surface area contributed by atoms with Crippen LogP contribution in [0.2, 0.25) is 0 Å². The second kappa shape index (κ2) is 9.99. The minimum absolute atomic E-state index is 0.0267. The Balaban J connectivity index is 1.40. The highest BCUT2D eigenvalue weighted by Gasteiger charge is 2.33. The molecule has 1 amide bonds. The van der Waals surface area contributed by atoms with E-state index in [4.69, 9.17) is 9.73 Å². The molecule has 5 rings (SSSR count). The molecular formula is C27H34F2N4O2. The summed E-state index contributed by atoms with van der Waals surface area (Å²) in [4.78, 5) is 22.5. The first-order chi connectivity index (χ1) is 16.9. The van der Waals surface area contributed by atoms with Crippen molar-refractivity contribution in [1.82, 2.24) is 10.3 Å². The zero-order chi connectivity index (χ0) is 24.5. The molecule has 2 fully saturated rings. The largest absolute Gasteiger partial charge is 0.493 e. The topological polar surface area (TPSA) is 69.7 Å². The number of aromatic nitrogens is 1. The van der Waals surface area contributed by atoms with E-state index < -0.39 is 6.43 Å². The van der Waals surface area contributed by atoms with Gasteiger partial charge in [0.25, 0.3) is 6.43 Å². The van der Waals surface area contributed by atoms with E-state index in [1.54, 1.807) is 6.07 Å². The second-order valence-corrected chi connectivity index (χ2v) is 10.1. The minimum Gasteiger partial charge on any atom is -0.493 e. The number of aliphatic imine (C=N–C) groups is 1. The maximum atomic E-state index is 13.6. The molecule has 0 saturated heterocycles. The number of amides is 1. The fourth-order valence-corrected chi connectivity index (χ4v) is 5.16. The average Bonchev–Trinajstić information content (AvgIpc) is 3.60. The number of halogens is 2. The van der Waals surface area contributed by atoms with Crippen LogP contribution in [-0.4, -0.2) is 42.0 Å². The number of alkyl halides is 2. The quantitative estimate of drug-likeness (QED) is 0.520. The molecule has 0 unspecified atom stereocenters. The van der Waals surface area contributed by atoms with E-state index in [2.05, 4.69) is 21.3 Å². The summed E-state index contributed by atoms with van der Waals surface area (Å²) in [6, 6.07) is 7.32. The first-order valence-corrected chi connectivity index (χ1v) is 12.8. The SMILES string of the molecule is CCC(=O)NC1CCC(N2CN=C(c3cc(C(F)F)ccc3OCC3CC3)c3[nH]c(C)cc32)CC1. The smallest absolute Gasteiger partial charge is 0.263 e. The molecule has 0 atom stereocenters. The van der Waals surface area contributed by atoms with E-state index in [1.165, 1.54) is 12.1 Å². The van der Waals surface area contributed by atoms with Crippen molar-refractivity contribution in [3.8, 4) is 5.75 Å². The molecule has 8 heteroatoms. The van der Waals surface area contributed by atoms with Crippen LogP contribution in [0.5, 0.6) is 5.75 Å². The van der Waals surface area contributed by atoms with E-state index in [-0.39, 0.29) is 17.5 Å². The Kier molecular flexibility index (Phi) is 6.80. The van der Waals surface area contributed by atoms with Gasteiger partial charge in [-0.05, 0) is 75.6 Å². The van der Waals surface area contributed by atoms with Crippen LogP contribution in [0, 0.1) is 12.8 Å². The van der Waals surface area contributed by atoms with Gasteiger partial charge in [-0.25, -0.2) is 8.78 Å². The first-order valence-electron chi connectivity index (χ1n) is 12.8. The number of ether oxygens (including phenoxy) is 1. The number of anilines is 1. The number of nitrogens with zero attached hydrogens (tertiary/aromatic N) is 2. The molecule has 2 aliphatic carbocycles. The van der Waals surface area contributed by atoms with Crippen molar-refractivity contribution in [3.05, 3.63) is 46.8 Å². The summed E-state index contributed by atoms with van der Waals surface area (Å²) >= 11 is 0.